The molecule has 1 aromatic rings. The summed E-state index contributed by atoms with van der Waals surface area (Å²) < 4.78 is 5.24. The van der Waals surface area contributed by atoms with Crippen LogP contribution in [0.15, 0.2) is 18.5 Å². The molecule has 0 amide bonds. The summed E-state index contributed by atoms with van der Waals surface area (Å²) in [4.78, 5) is 14.8. The van der Waals surface area contributed by atoms with Gasteiger partial charge in [0.25, 0.3) is 0 Å². The van der Waals surface area contributed by atoms with Gasteiger partial charge in [0.05, 0.1) is 24.1 Å². The van der Waals surface area contributed by atoms with Gasteiger partial charge in [-0.25, -0.2) is 4.79 Å². The highest BCUT2D eigenvalue weighted by atomic mass is 16.5. The van der Waals surface area contributed by atoms with E-state index in [0.29, 0.717) is 18.9 Å². The van der Waals surface area contributed by atoms with E-state index >= 15 is 0 Å². The summed E-state index contributed by atoms with van der Waals surface area (Å²) in [5.41, 5.74) is 0.737. The Morgan fingerprint density at radius 2 is 2.44 bits per heavy atom. The third-order valence-corrected chi connectivity index (χ3v) is 2.03. The van der Waals surface area contributed by atoms with E-state index in [1.807, 2.05) is 13.8 Å². The maximum absolute atomic E-state index is 10.9. The lowest BCUT2D eigenvalue weighted by atomic mass is 10.2. The molecule has 88 valence electrons. The molecule has 0 radical (unpaired) electrons. The average Bonchev–Trinajstić information content (AvgIpc) is 2.27. The van der Waals surface area contributed by atoms with Crippen molar-refractivity contribution in [2.24, 2.45) is 0 Å². The molecule has 1 heterocycles. The minimum Gasteiger partial charge on any atom is -0.478 e. The minimum atomic E-state index is -0.964. The number of aromatic nitrogens is 1. The van der Waals surface area contributed by atoms with Crippen molar-refractivity contribution in [2.75, 3.05) is 18.5 Å². The molecule has 0 aliphatic heterocycles. The van der Waals surface area contributed by atoms with E-state index in [1.54, 1.807) is 0 Å². The number of carboxylic acids is 1. The van der Waals surface area contributed by atoms with Crippen molar-refractivity contribution in [3.8, 4) is 0 Å². The predicted octanol–water partition coefficient (Wildman–Crippen LogP) is 1.62. The molecule has 1 unspecified atom stereocenters. The Morgan fingerprint density at radius 3 is 3.06 bits per heavy atom. The van der Waals surface area contributed by atoms with Crippen LogP contribution in [0.5, 0.6) is 0 Å². The van der Waals surface area contributed by atoms with Crippen molar-refractivity contribution in [3.63, 3.8) is 0 Å². The monoisotopic (exact) mass is 224 g/mol. The van der Waals surface area contributed by atoms with Gasteiger partial charge in [-0.2, -0.15) is 0 Å². The molecule has 5 nitrogen and oxygen atoms in total. The highest BCUT2D eigenvalue weighted by Gasteiger charge is 2.11. The van der Waals surface area contributed by atoms with Crippen LogP contribution in [0.25, 0.3) is 0 Å². The minimum absolute atomic E-state index is 0.0437. The van der Waals surface area contributed by atoms with E-state index in [9.17, 15) is 4.79 Å². The fourth-order valence-electron chi connectivity index (χ4n) is 1.30. The molecule has 0 saturated heterocycles. The maximum atomic E-state index is 10.9. The number of rotatable bonds is 6. The molecule has 5 heteroatoms. The topological polar surface area (TPSA) is 71.5 Å². The predicted molar refractivity (Wildman–Crippen MR) is 60.8 cm³/mol. The van der Waals surface area contributed by atoms with Crippen LogP contribution in [-0.4, -0.2) is 35.3 Å². The molecule has 1 atom stereocenters. The van der Waals surface area contributed by atoms with Gasteiger partial charge < -0.3 is 15.2 Å². The largest absolute Gasteiger partial charge is 0.478 e. The van der Waals surface area contributed by atoms with Crippen LogP contribution in [-0.2, 0) is 4.74 Å². The molecule has 1 rings (SSSR count). The van der Waals surface area contributed by atoms with Gasteiger partial charge in [0.2, 0.25) is 0 Å². The van der Waals surface area contributed by atoms with E-state index < -0.39 is 5.97 Å². The van der Waals surface area contributed by atoms with Gasteiger partial charge in [-0.05, 0) is 19.9 Å². The van der Waals surface area contributed by atoms with Crippen molar-refractivity contribution in [1.29, 1.82) is 0 Å². The zero-order chi connectivity index (χ0) is 12.0. The Balaban J connectivity index is 2.69. The second kappa shape index (κ2) is 6.07. The van der Waals surface area contributed by atoms with Gasteiger partial charge in [-0.1, -0.05) is 0 Å². The smallest absolute Gasteiger partial charge is 0.337 e. The van der Waals surface area contributed by atoms with E-state index in [4.69, 9.17) is 9.84 Å². The summed E-state index contributed by atoms with van der Waals surface area (Å²) in [5.74, 6) is -0.964. The Labute approximate surface area is 94.5 Å². The maximum Gasteiger partial charge on any atom is 0.337 e. The number of hydrogen-bond acceptors (Lipinski definition) is 4. The first-order valence-electron chi connectivity index (χ1n) is 5.16. The first-order valence-corrected chi connectivity index (χ1v) is 5.16. The number of anilines is 1. The zero-order valence-corrected chi connectivity index (χ0v) is 9.43. The fraction of sp³-hybridized carbons (Fsp3) is 0.455. The third kappa shape index (κ3) is 3.51. The molecule has 0 spiro atoms. The third-order valence-electron chi connectivity index (χ3n) is 2.03. The normalized spacial score (nSPS) is 12.1. The van der Waals surface area contributed by atoms with Crippen LogP contribution in [0.3, 0.4) is 0 Å². The van der Waals surface area contributed by atoms with Crippen molar-refractivity contribution >= 4 is 11.7 Å². The number of ether oxygens (including phenoxy) is 1. The number of nitrogens with zero attached hydrogens (tertiary/aromatic N) is 1. The molecular weight excluding hydrogens is 208 g/mol. The van der Waals surface area contributed by atoms with Gasteiger partial charge in [-0.15, -0.1) is 0 Å². The van der Waals surface area contributed by atoms with Crippen LogP contribution in [0.1, 0.15) is 24.2 Å². The quantitative estimate of drug-likeness (QED) is 0.768. The molecule has 0 aliphatic carbocycles. The number of nitrogens with one attached hydrogen (secondary N) is 1. The molecule has 0 fully saturated rings. The van der Waals surface area contributed by atoms with Gasteiger partial charge in [0.1, 0.15) is 0 Å². The van der Waals surface area contributed by atoms with Crippen LogP contribution in [0, 0.1) is 0 Å². The highest BCUT2D eigenvalue weighted by molar-refractivity contribution is 5.93. The molecule has 0 aromatic carbocycles. The average molecular weight is 224 g/mol. The SMILES string of the molecule is CCOCC(C)Nc1cnccc1C(=O)O. The Hall–Kier alpha value is -1.62. The van der Waals surface area contributed by atoms with Gasteiger partial charge in [0.15, 0.2) is 0 Å². The summed E-state index contributed by atoms with van der Waals surface area (Å²) in [6.45, 7) is 5.02. The van der Waals surface area contributed by atoms with Gasteiger partial charge in [-0.3, -0.25) is 4.98 Å². The molecule has 1 aromatic heterocycles. The lowest BCUT2D eigenvalue weighted by Gasteiger charge is -2.16. The standard InChI is InChI=1S/C11H16N2O3/c1-3-16-7-8(2)13-10-6-12-5-4-9(10)11(14)15/h4-6,8,13H,3,7H2,1-2H3,(H,14,15). The summed E-state index contributed by atoms with van der Waals surface area (Å²) in [7, 11) is 0. The van der Waals surface area contributed by atoms with Crippen LogP contribution >= 0.6 is 0 Å². The van der Waals surface area contributed by atoms with Gasteiger partial charge >= 0.3 is 5.97 Å². The zero-order valence-electron chi connectivity index (χ0n) is 9.43. The summed E-state index contributed by atoms with van der Waals surface area (Å²) in [5, 5.41) is 12.0. The Morgan fingerprint density at radius 1 is 1.69 bits per heavy atom. The molecule has 0 bridgehead atoms. The van der Waals surface area contributed by atoms with Crippen molar-refractivity contribution in [1.82, 2.24) is 4.98 Å². The fourth-order valence-corrected chi connectivity index (χ4v) is 1.30. The van der Waals surface area contributed by atoms with Crippen LogP contribution < -0.4 is 5.32 Å². The summed E-state index contributed by atoms with van der Waals surface area (Å²) >= 11 is 0. The first kappa shape index (κ1) is 12.4. The Kier molecular flexibility index (Phi) is 4.72. The number of aromatic carboxylic acids is 1. The molecular formula is C11H16N2O3. The first-order chi connectivity index (χ1) is 7.65. The summed E-state index contributed by atoms with van der Waals surface area (Å²) in [6.07, 6.45) is 2.97. The highest BCUT2D eigenvalue weighted by Crippen LogP contribution is 2.14. The lowest BCUT2D eigenvalue weighted by molar-refractivity contribution is 0.0697. The second-order valence-electron chi connectivity index (χ2n) is 3.43. The van der Waals surface area contributed by atoms with Crippen molar-refractivity contribution in [2.45, 2.75) is 19.9 Å². The summed E-state index contributed by atoms with van der Waals surface area (Å²) in [6, 6.07) is 1.51. The van der Waals surface area contributed by atoms with E-state index in [-0.39, 0.29) is 11.6 Å². The molecule has 0 aliphatic rings. The van der Waals surface area contributed by atoms with Crippen molar-refractivity contribution < 1.29 is 14.6 Å². The van der Waals surface area contributed by atoms with E-state index in [2.05, 4.69) is 10.3 Å². The second-order valence-corrected chi connectivity index (χ2v) is 3.43. The van der Waals surface area contributed by atoms with Crippen LogP contribution in [0.4, 0.5) is 5.69 Å². The number of pyridine rings is 1. The van der Waals surface area contributed by atoms with Crippen molar-refractivity contribution in [3.05, 3.63) is 24.0 Å². The number of carbonyl (C=O) groups is 1. The molecule has 2 N–H and O–H groups in total. The molecule has 16 heavy (non-hydrogen) atoms. The van der Waals surface area contributed by atoms with E-state index in [0.717, 1.165) is 0 Å². The van der Waals surface area contributed by atoms with Crippen LogP contribution in [0.2, 0.25) is 0 Å². The lowest BCUT2D eigenvalue weighted by Crippen LogP contribution is -2.23. The molecule has 0 saturated carbocycles. The van der Waals surface area contributed by atoms with Gasteiger partial charge in [0, 0.05) is 18.8 Å². The Bertz CT molecular complexity index is 355. The number of hydrogen-bond donors (Lipinski definition) is 2. The van der Waals surface area contributed by atoms with E-state index in [1.165, 1.54) is 18.5 Å². The number of carboxylic acid groups (broad SMARTS) is 1.